The molecule has 0 spiro atoms. The zero-order chi connectivity index (χ0) is 31.0. The van der Waals surface area contributed by atoms with Crippen molar-refractivity contribution in [1.29, 1.82) is 0 Å². The second kappa shape index (κ2) is 38.2. The van der Waals surface area contributed by atoms with E-state index >= 15 is 0 Å². The van der Waals surface area contributed by atoms with E-state index < -0.39 is 0 Å². The van der Waals surface area contributed by atoms with E-state index in [4.69, 9.17) is 0 Å². The molecule has 2 fully saturated rings. The maximum absolute atomic E-state index is 3.49. The summed E-state index contributed by atoms with van der Waals surface area (Å²) in [6.07, 6.45) is 19.2. The van der Waals surface area contributed by atoms with Gasteiger partial charge in [0.25, 0.3) is 0 Å². The number of hydrogen-bond donors (Lipinski definition) is 0. The normalized spacial score (nSPS) is 13.3. The number of benzene rings is 3. The Labute approximate surface area is 371 Å². The molecule has 2 saturated carbocycles. The van der Waals surface area contributed by atoms with Crippen LogP contribution in [0.15, 0.2) is 48.5 Å². The fraction of sp³-hybridized carbons (Fsp3) is 0.545. The van der Waals surface area contributed by atoms with Crippen LogP contribution in [-0.2, 0) is 124 Å². The Morgan fingerprint density at radius 1 is 0.511 bits per heavy atom. The van der Waals surface area contributed by atoms with Crippen LogP contribution in [0.2, 0.25) is 0 Å². The molecule has 0 N–H and O–H groups in total. The van der Waals surface area contributed by atoms with Crippen LogP contribution in [0.1, 0.15) is 153 Å². The van der Waals surface area contributed by atoms with Crippen molar-refractivity contribution in [1.82, 2.24) is 0 Å². The van der Waals surface area contributed by atoms with Crippen LogP contribution in [0.25, 0.3) is 0 Å². The van der Waals surface area contributed by atoms with Gasteiger partial charge in [-0.2, -0.15) is 70.8 Å². The van der Waals surface area contributed by atoms with Gasteiger partial charge in [-0.1, -0.05) is 145 Å². The van der Waals surface area contributed by atoms with Gasteiger partial charge in [0.15, 0.2) is 0 Å². The molecule has 0 aromatic heterocycles. The maximum atomic E-state index is 3.49. The Bertz CT molecular complexity index is 969. The van der Waals surface area contributed by atoms with Crippen LogP contribution in [0.4, 0.5) is 0 Å². The summed E-state index contributed by atoms with van der Waals surface area (Å²) in [6.45, 7) is 16.3. The Balaban J connectivity index is -0.000000220. The zero-order valence-corrected chi connectivity index (χ0v) is 40.9. The van der Waals surface area contributed by atoms with Crippen molar-refractivity contribution >= 4 is 0 Å². The van der Waals surface area contributed by atoms with Gasteiger partial charge in [0.2, 0.25) is 0 Å². The average Bonchev–Trinajstić information content (AvgIpc) is 3.09. The molecular weight excluding hydrogens is 795 g/mol. The fourth-order valence-electron chi connectivity index (χ4n) is 6.10. The molecule has 0 nitrogen and oxygen atoms in total. The van der Waals surface area contributed by atoms with Gasteiger partial charge in [0.1, 0.15) is 0 Å². The van der Waals surface area contributed by atoms with Crippen LogP contribution >= 0.6 is 0 Å². The summed E-state index contributed by atoms with van der Waals surface area (Å²) in [5, 5.41) is 0. The molecule has 0 amide bonds. The van der Waals surface area contributed by atoms with Crippen LogP contribution in [0, 0.1) is 51.0 Å². The van der Waals surface area contributed by atoms with Gasteiger partial charge in [0.05, 0.1) is 0 Å². The molecule has 0 unspecified atom stereocenters. The molecule has 0 aliphatic heterocycles. The van der Waals surface area contributed by atoms with Gasteiger partial charge in [-0.25, -0.2) is 0 Å². The summed E-state index contributed by atoms with van der Waals surface area (Å²) >= 11 is 0. The molecule has 0 bridgehead atoms. The molecule has 0 saturated heterocycles. The van der Waals surface area contributed by atoms with Gasteiger partial charge >= 0.3 is 65.4 Å². The van der Waals surface area contributed by atoms with E-state index in [-0.39, 0.29) is 113 Å². The third-order valence-corrected chi connectivity index (χ3v) is 8.19. The van der Waals surface area contributed by atoms with Gasteiger partial charge in [-0.15, -0.1) is 0 Å². The Morgan fingerprint density at radius 2 is 0.830 bits per heavy atom. The number of aryl methyl sites for hydroxylation is 2. The van der Waals surface area contributed by atoms with Crippen LogP contribution < -0.4 is 0 Å². The monoisotopic (exact) mass is 863 g/mol. The predicted octanol–water partition coefficient (Wildman–Crippen LogP) is 13.3. The summed E-state index contributed by atoms with van der Waals surface area (Å²) in [5.74, 6) is 2.28. The van der Waals surface area contributed by atoms with E-state index in [2.05, 4.69) is 80.6 Å². The van der Waals surface area contributed by atoms with Crippen LogP contribution in [-0.4, -0.2) is 0 Å². The number of hydrogen-bond acceptors (Lipinski definition) is 0. The minimum absolute atomic E-state index is 0. The molecule has 3 aromatic carbocycles. The summed E-state index contributed by atoms with van der Waals surface area (Å²) in [4.78, 5) is 0. The van der Waals surface area contributed by atoms with E-state index in [0.29, 0.717) is 0 Å². The SMILES string of the molecule is C1CCC(C2CCCCC2)CC1.CC.CC.CC.CCc1[c-]c(Cc2[c-]c[c-]c(Cc3[c-]c(CC)ccc3)c2)ccc1.[CH3-].[CH3-].[Y+3].[Y+3].[Y]. The first kappa shape index (κ1) is 57.3. The molecule has 0 heterocycles. The fourth-order valence-corrected chi connectivity index (χ4v) is 6.10. The molecule has 0 atom stereocenters. The molecule has 253 valence electrons. The van der Waals surface area contributed by atoms with Crippen molar-refractivity contribution in [2.24, 2.45) is 11.8 Å². The minimum Gasteiger partial charge on any atom is -0.358 e. The zero-order valence-electron chi connectivity index (χ0n) is 32.4. The molecule has 2 aliphatic rings. The van der Waals surface area contributed by atoms with Gasteiger partial charge < -0.3 is 33.1 Å². The Hall–Kier alpha value is 0.972. The average molecular weight is 864 g/mol. The van der Waals surface area contributed by atoms with Gasteiger partial charge in [-0.3, -0.25) is 17.2 Å². The first-order valence-corrected chi connectivity index (χ1v) is 17.6. The van der Waals surface area contributed by atoms with Crippen molar-refractivity contribution in [3.63, 3.8) is 0 Å². The second-order valence-corrected chi connectivity index (χ2v) is 10.9. The molecule has 47 heavy (non-hydrogen) atoms. The molecule has 3 aromatic rings. The van der Waals surface area contributed by atoms with E-state index in [1.807, 2.05) is 47.6 Å². The van der Waals surface area contributed by atoms with Gasteiger partial charge in [-0.05, 0) is 11.8 Å². The third kappa shape index (κ3) is 24.0. The summed E-state index contributed by atoms with van der Waals surface area (Å²) < 4.78 is 0. The largest absolute Gasteiger partial charge is 3.00 e. The summed E-state index contributed by atoms with van der Waals surface area (Å²) in [7, 11) is 0. The Morgan fingerprint density at radius 3 is 1.15 bits per heavy atom. The van der Waals surface area contributed by atoms with E-state index in [0.717, 1.165) is 37.5 Å². The van der Waals surface area contributed by atoms with Crippen LogP contribution in [0.3, 0.4) is 0 Å². The molecule has 5 rings (SSSR count). The first-order chi connectivity index (χ1) is 20.7. The Kier molecular flexibility index (Phi) is 46.6. The maximum Gasteiger partial charge on any atom is 3.00 e. The summed E-state index contributed by atoms with van der Waals surface area (Å²) in [6, 6.07) is 30.5. The minimum atomic E-state index is 0. The third-order valence-electron chi connectivity index (χ3n) is 8.19. The molecule has 3 heteroatoms. The first-order valence-electron chi connectivity index (χ1n) is 17.6. The predicted molar refractivity (Wildman–Crippen MR) is 199 cm³/mol. The number of rotatable bonds is 7. The van der Waals surface area contributed by atoms with Crippen LogP contribution in [0.5, 0.6) is 0 Å². The smallest absolute Gasteiger partial charge is 0.358 e. The van der Waals surface area contributed by atoms with E-state index in [1.54, 1.807) is 25.7 Å². The topological polar surface area (TPSA) is 0 Å². The van der Waals surface area contributed by atoms with E-state index in [1.165, 1.54) is 71.9 Å². The van der Waals surface area contributed by atoms with Crippen molar-refractivity contribution in [2.75, 3.05) is 0 Å². The van der Waals surface area contributed by atoms with Crippen molar-refractivity contribution in [2.45, 2.75) is 145 Å². The van der Waals surface area contributed by atoms with E-state index in [9.17, 15) is 0 Å². The second-order valence-electron chi connectivity index (χ2n) is 10.9. The molecule has 2 aliphatic carbocycles. The summed E-state index contributed by atoms with van der Waals surface area (Å²) in [5.41, 5.74) is 7.37. The molecular formula is C44H68Y3. The van der Waals surface area contributed by atoms with Gasteiger partial charge in [0, 0.05) is 32.7 Å². The quantitative estimate of drug-likeness (QED) is 0.208. The molecule has 1 radical (unpaired) electrons. The standard InChI is InChI=1S/C24H22.C12H22.3C2H6.2CH3.3Y/c1-3-19-8-5-10-21(14-19)16-23-12-7-13-24(18-23)17-22-11-6-9-20(4-2)15-22;1-3-7-11(8-4-1)12-9-5-2-6-10-12;3*1-2;;;;;/h5-11,18H,3-4,16-17H2,1-2H3;11-12H,1-10H2;3*1-2H3;2*1H3;;;/q-4;;;;;2*-1;;2*+3. The van der Waals surface area contributed by atoms with Crippen molar-refractivity contribution in [3.05, 3.63) is 121 Å². The van der Waals surface area contributed by atoms with Crippen molar-refractivity contribution < 1.29 is 98.1 Å². The van der Waals surface area contributed by atoms with Crippen molar-refractivity contribution in [3.8, 4) is 0 Å².